The van der Waals surface area contributed by atoms with Crippen LogP contribution in [0.1, 0.15) is 66.3 Å². The maximum absolute atomic E-state index is 12.6. The maximum Gasteiger partial charge on any atom is 0.278 e. The van der Waals surface area contributed by atoms with Crippen molar-refractivity contribution < 1.29 is 9.90 Å². The van der Waals surface area contributed by atoms with Crippen molar-refractivity contribution in [1.29, 1.82) is 0 Å². The lowest BCUT2D eigenvalue weighted by Gasteiger charge is -2.05. The van der Waals surface area contributed by atoms with Gasteiger partial charge in [0.15, 0.2) is 0 Å². The van der Waals surface area contributed by atoms with Crippen molar-refractivity contribution in [2.75, 3.05) is 0 Å². The predicted molar refractivity (Wildman–Crippen MR) is 92.0 cm³/mol. The van der Waals surface area contributed by atoms with E-state index in [0.29, 0.717) is 5.56 Å². The zero-order chi connectivity index (χ0) is 16.8. The summed E-state index contributed by atoms with van der Waals surface area (Å²) in [6, 6.07) is 6.29. The van der Waals surface area contributed by atoms with Crippen molar-refractivity contribution in [1.82, 2.24) is 9.78 Å². The fourth-order valence-corrected chi connectivity index (χ4v) is 2.87. The number of aromatic nitrogens is 2. The van der Waals surface area contributed by atoms with Crippen LogP contribution in [0.3, 0.4) is 0 Å². The number of nitrogens with zero attached hydrogens (tertiary/aromatic N) is 2. The van der Waals surface area contributed by atoms with E-state index in [1.165, 1.54) is 48.1 Å². The largest absolute Gasteiger partial charge is 0.508 e. The molecule has 0 bridgehead atoms. The van der Waals surface area contributed by atoms with Gasteiger partial charge in [0.1, 0.15) is 5.75 Å². The summed E-state index contributed by atoms with van der Waals surface area (Å²) in [7, 11) is 0. The van der Waals surface area contributed by atoms with Crippen LogP contribution >= 0.6 is 0 Å². The summed E-state index contributed by atoms with van der Waals surface area (Å²) in [5.41, 5.74) is 3.58. The lowest BCUT2D eigenvalue weighted by molar-refractivity contribution is 0.0942. The van der Waals surface area contributed by atoms with Crippen LogP contribution in [-0.2, 0) is 6.42 Å². The second kappa shape index (κ2) is 7.95. The fourth-order valence-electron chi connectivity index (χ4n) is 2.87. The summed E-state index contributed by atoms with van der Waals surface area (Å²) in [5.74, 6) is 0.00511. The van der Waals surface area contributed by atoms with E-state index in [4.69, 9.17) is 0 Å². The number of carbonyl (C=O) groups is 1. The zero-order valence-electron chi connectivity index (χ0n) is 14.3. The Morgan fingerprint density at radius 3 is 2.39 bits per heavy atom. The number of unbranched alkanes of at least 4 members (excludes halogenated alkanes) is 4. The van der Waals surface area contributed by atoms with Crippen LogP contribution in [0, 0.1) is 13.8 Å². The zero-order valence-corrected chi connectivity index (χ0v) is 14.3. The van der Waals surface area contributed by atoms with Gasteiger partial charge in [0.25, 0.3) is 5.91 Å². The molecule has 0 aliphatic rings. The van der Waals surface area contributed by atoms with Crippen molar-refractivity contribution in [3.8, 4) is 5.75 Å². The molecule has 0 aliphatic heterocycles. The third kappa shape index (κ3) is 4.21. The number of aryl methyl sites for hydroxylation is 1. The lowest BCUT2D eigenvalue weighted by Crippen LogP contribution is -2.15. The molecule has 0 radical (unpaired) electrons. The first-order valence-corrected chi connectivity index (χ1v) is 8.43. The van der Waals surface area contributed by atoms with E-state index in [1.807, 2.05) is 13.8 Å². The summed E-state index contributed by atoms with van der Waals surface area (Å²) in [4.78, 5) is 12.6. The SMILES string of the molecule is CCCCCCCc1c(C)nn(C(=O)c2ccc(O)cc2)c1C. The molecule has 0 saturated carbocycles. The monoisotopic (exact) mass is 314 g/mol. The number of hydrogen-bond acceptors (Lipinski definition) is 3. The molecule has 4 nitrogen and oxygen atoms in total. The number of phenolic OH excluding ortho intramolecular Hbond substituents is 1. The third-order valence-electron chi connectivity index (χ3n) is 4.28. The standard InChI is InChI=1S/C19H26N2O2/c1-4-5-6-7-8-9-18-14(2)20-21(15(18)3)19(23)16-10-12-17(22)13-11-16/h10-13,22H,4-9H2,1-3H3. The summed E-state index contributed by atoms with van der Waals surface area (Å²) < 4.78 is 1.49. The molecule has 1 aromatic heterocycles. The molecule has 0 atom stereocenters. The highest BCUT2D eigenvalue weighted by Crippen LogP contribution is 2.19. The average Bonchev–Trinajstić information content (AvgIpc) is 2.82. The molecular formula is C19H26N2O2. The number of benzene rings is 1. The minimum atomic E-state index is -0.150. The molecule has 0 unspecified atom stereocenters. The summed E-state index contributed by atoms with van der Waals surface area (Å²) in [6.45, 7) is 6.14. The summed E-state index contributed by atoms with van der Waals surface area (Å²) >= 11 is 0. The fraction of sp³-hybridized carbons (Fsp3) is 0.474. The topological polar surface area (TPSA) is 55.1 Å². The molecule has 1 aromatic carbocycles. The van der Waals surface area contributed by atoms with Crippen molar-refractivity contribution in [2.45, 2.75) is 59.3 Å². The second-order valence-corrected chi connectivity index (χ2v) is 6.08. The number of carbonyl (C=O) groups excluding carboxylic acids is 1. The summed E-state index contributed by atoms with van der Waals surface area (Å²) in [6.07, 6.45) is 7.15. The Hall–Kier alpha value is -2.10. The first-order valence-electron chi connectivity index (χ1n) is 8.43. The smallest absolute Gasteiger partial charge is 0.278 e. The van der Waals surface area contributed by atoms with Crippen LogP contribution in [0.5, 0.6) is 5.75 Å². The Balaban J connectivity index is 2.10. The van der Waals surface area contributed by atoms with Gasteiger partial charge in [-0.3, -0.25) is 4.79 Å². The highest BCUT2D eigenvalue weighted by molar-refractivity contribution is 5.96. The predicted octanol–water partition coefficient (Wildman–Crippen LogP) is 4.41. The molecule has 0 aliphatic carbocycles. The van der Waals surface area contributed by atoms with Gasteiger partial charge in [-0.05, 0) is 56.5 Å². The number of rotatable bonds is 7. The van der Waals surface area contributed by atoms with Crippen LogP contribution in [0.25, 0.3) is 0 Å². The molecule has 1 N–H and O–H groups in total. The van der Waals surface area contributed by atoms with E-state index < -0.39 is 0 Å². The van der Waals surface area contributed by atoms with Crippen LogP contribution in [0.2, 0.25) is 0 Å². The van der Waals surface area contributed by atoms with Crippen molar-refractivity contribution >= 4 is 5.91 Å². The molecule has 0 fully saturated rings. The van der Waals surface area contributed by atoms with Gasteiger partial charge >= 0.3 is 0 Å². The second-order valence-electron chi connectivity index (χ2n) is 6.08. The van der Waals surface area contributed by atoms with Gasteiger partial charge in [0.05, 0.1) is 5.69 Å². The molecule has 124 valence electrons. The molecule has 0 spiro atoms. The number of aromatic hydroxyl groups is 1. The first kappa shape index (κ1) is 17.3. The summed E-state index contributed by atoms with van der Waals surface area (Å²) in [5, 5.41) is 13.8. The van der Waals surface area contributed by atoms with E-state index in [1.54, 1.807) is 12.1 Å². The van der Waals surface area contributed by atoms with E-state index in [-0.39, 0.29) is 11.7 Å². The molecule has 1 heterocycles. The van der Waals surface area contributed by atoms with E-state index >= 15 is 0 Å². The molecular weight excluding hydrogens is 288 g/mol. The lowest BCUT2D eigenvalue weighted by atomic mass is 10.0. The molecule has 0 saturated heterocycles. The molecule has 4 heteroatoms. The first-order chi connectivity index (χ1) is 11.0. The van der Waals surface area contributed by atoms with E-state index in [0.717, 1.165) is 24.2 Å². The number of phenols is 1. The Labute approximate surface area is 138 Å². The Morgan fingerprint density at radius 1 is 1.09 bits per heavy atom. The quantitative estimate of drug-likeness (QED) is 0.770. The Bertz CT molecular complexity index is 657. The number of hydrogen-bond donors (Lipinski definition) is 1. The molecule has 2 aromatic rings. The van der Waals surface area contributed by atoms with Crippen molar-refractivity contribution in [3.63, 3.8) is 0 Å². The van der Waals surface area contributed by atoms with Gasteiger partial charge < -0.3 is 5.11 Å². The van der Waals surface area contributed by atoms with E-state index in [9.17, 15) is 9.90 Å². The minimum absolute atomic E-state index is 0.150. The molecule has 2 rings (SSSR count). The van der Waals surface area contributed by atoms with Crippen molar-refractivity contribution in [3.05, 3.63) is 46.8 Å². The minimum Gasteiger partial charge on any atom is -0.508 e. The van der Waals surface area contributed by atoms with Gasteiger partial charge in [-0.25, -0.2) is 4.68 Å². The van der Waals surface area contributed by atoms with Crippen molar-refractivity contribution in [2.24, 2.45) is 0 Å². The Kier molecular flexibility index (Phi) is 5.97. The van der Waals surface area contributed by atoms with Crippen LogP contribution in [-0.4, -0.2) is 20.8 Å². The van der Waals surface area contributed by atoms with Crippen LogP contribution < -0.4 is 0 Å². The van der Waals surface area contributed by atoms with Gasteiger partial charge in [-0.1, -0.05) is 32.6 Å². The molecule has 23 heavy (non-hydrogen) atoms. The van der Waals surface area contributed by atoms with Gasteiger partial charge in [0, 0.05) is 11.3 Å². The van der Waals surface area contributed by atoms with Gasteiger partial charge in [-0.15, -0.1) is 0 Å². The average molecular weight is 314 g/mol. The Morgan fingerprint density at radius 2 is 1.74 bits per heavy atom. The highest BCUT2D eigenvalue weighted by atomic mass is 16.3. The van der Waals surface area contributed by atoms with Gasteiger partial charge in [0.2, 0.25) is 0 Å². The van der Waals surface area contributed by atoms with Crippen LogP contribution in [0.15, 0.2) is 24.3 Å². The highest BCUT2D eigenvalue weighted by Gasteiger charge is 2.17. The maximum atomic E-state index is 12.6. The van der Waals surface area contributed by atoms with E-state index in [2.05, 4.69) is 12.0 Å². The third-order valence-corrected chi connectivity index (χ3v) is 4.28. The van der Waals surface area contributed by atoms with Crippen LogP contribution in [0.4, 0.5) is 0 Å². The molecule has 0 amide bonds. The normalized spacial score (nSPS) is 10.9. The van der Waals surface area contributed by atoms with Gasteiger partial charge in [-0.2, -0.15) is 5.10 Å².